The summed E-state index contributed by atoms with van der Waals surface area (Å²) in [5.74, 6) is 0.353. The molecule has 0 aromatic heterocycles. The van der Waals surface area contributed by atoms with E-state index in [2.05, 4.69) is 21.2 Å². The number of aliphatic hydroxyl groups excluding tert-OH is 1. The van der Waals surface area contributed by atoms with Crippen molar-refractivity contribution in [2.24, 2.45) is 0 Å². The number of aliphatic hydroxyl groups is 1. The van der Waals surface area contributed by atoms with Crippen LogP contribution < -0.4 is 10.2 Å². The van der Waals surface area contributed by atoms with Crippen LogP contribution in [0.3, 0.4) is 0 Å². The summed E-state index contributed by atoms with van der Waals surface area (Å²) in [6.45, 7) is 6.90. The number of β-amino-alcohol motifs (C(OH)–C–C–N with tert-alkyl or cyclic N) is 1. The third-order valence-corrected chi connectivity index (χ3v) is 4.28. The Bertz CT molecular complexity index is 453. The molecule has 1 fully saturated rings. The highest BCUT2D eigenvalue weighted by Crippen LogP contribution is 2.29. The molecule has 0 saturated carbocycles. The Morgan fingerprint density at radius 2 is 2.05 bits per heavy atom. The minimum atomic E-state index is 0.142. The molecule has 2 rings (SSSR count). The minimum Gasteiger partial charge on any atom is -0.508 e. The third-order valence-electron chi connectivity index (χ3n) is 4.28. The molecule has 5 nitrogen and oxygen atoms in total. The summed E-state index contributed by atoms with van der Waals surface area (Å²) in [5.41, 5.74) is 2.00. The second kappa shape index (κ2) is 7.64. The molecule has 1 aromatic carbocycles. The van der Waals surface area contributed by atoms with Crippen LogP contribution in [-0.2, 0) is 0 Å². The van der Waals surface area contributed by atoms with E-state index in [1.165, 1.54) is 0 Å². The molecule has 3 N–H and O–H groups in total. The average Bonchev–Trinajstić information content (AvgIpc) is 2.72. The van der Waals surface area contributed by atoms with Gasteiger partial charge in [-0.3, -0.25) is 4.90 Å². The smallest absolute Gasteiger partial charge is 0.122 e. The molecule has 1 saturated heterocycles. The highest BCUT2D eigenvalue weighted by atomic mass is 16.3. The van der Waals surface area contributed by atoms with E-state index in [1.807, 2.05) is 26.1 Å². The number of anilines is 1. The van der Waals surface area contributed by atoms with Crippen LogP contribution in [0.5, 0.6) is 5.75 Å². The maximum absolute atomic E-state index is 10.2. The summed E-state index contributed by atoms with van der Waals surface area (Å²) in [6, 6.07) is 6.10. The first-order valence-electron chi connectivity index (χ1n) is 7.74. The van der Waals surface area contributed by atoms with Crippen molar-refractivity contribution in [3.8, 4) is 5.75 Å². The first-order chi connectivity index (χ1) is 10.2. The van der Waals surface area contributed by atoms with E-state index in [0.717, 1.165) is 50.4 Å². The fourth-order valence-corrected chi connectivity index (χ4v) is 2.84. The molecule has 21 heavy (non-hydrogen) atoms. The number of phenols is 1. The Hall–Kier alpha value is -1.30. The molecular weight excluding hydrogens is 266 g/mol. The lowest BCUT2D eigenvalue weighted by Gasteiger charge is -2.24. The Balaban J connectivity index is 2.06. The summed E-state index contributed by atoms with van der Waals surface area (Å²) in [7, 11) is 1.89. The van der Waals surface area contributed by atoms with Crippen LogP contribution in [0.25, 0.3) is 0 Å². The largest absolute Gasteiger partial charge is 0.508 e. The molecule has 1 unspecified atom stereocenters. The van der Waals surface area contributed by atoms with Gasteiger partial charge in [-0.1, -0.05) is 6.07 Å². The van der Waals surface area contributed by atoms with Crippen molar-refractivity contribution in [3.63, 3.8) is 0 Å². The summed E-state index contributed by atoms with van der Waals surface area (Å²) in [4.78, 5) is 4.60. The van der Waals surface area contributed by atoms with Crippen molar-refractivity contribution in [1.29, 1.82) is 0 Å². The molecule has 0 radical (unpaired) electrons. The molecule has 0 bridgehead atoms. The molecule has 1 aromatic rings. The summed E-state index contributed by atoms with van der Waals surface area (Å²) in [6.07, 6.45) is 1.08. The molecule has 1 heterocycles. The van der Waals surface area contributed by atoms with Gasteiger partial charge in [-0.05, 0) is 33.0 Å². The number of nitrogens with zero attached hydrogens (tertiary/aromatic N) is 2. The molecule has 1 atom stereocenters. The van der Waals surface area contributed by atoms with Crippen molar-refractivity contribution in [2.75, 3.05) is 51.3 Å². The lowest BCUT2D eigenvalue weighted by molar-refractivity contribution is 0.204. The van der Waals surface area contributed by atoms with Gasteiger partial charge in [-0.2, -0.15) is 0 Å². The van der Waals surface area contributed by atoms with Gasteiger partial charge in [-0.25, -0.2) is 0 Å². The van der Waals surface area contributed by atoms with Gasteiger partial charge in [0.1, 0.15) is 5.75 Å². The van der Waals surface area contributed by atoms with Crippen LogP contribution in [0.2, 0.25) is 0 Å². The van der Waals surface area contributed by atoms with E-state index in [9.17, 15) is 5.11 Å². The maximum atomic E-state index is 10.2. The number of nitrogens with one attached hydrogen (secondary N) is 1. The lowest BCUT2D eigenvalue weighted by atomic mass is 10.1. The van der Waals surface area contributed by atoms with Gasteiger partial charge in [0.2, 0.25) is 0 Å². The van der Waals surface area contributed by atoms with Crippen LogP contribution in [0, 0.1) is 0 Å². The Kier molecular flexibility index (Phi) is 5.85. The van der Waals surface area contributed by atoms with Crippen molar-refractivity contribution in [3.05, 3.63) is 23.8 Å². The first-order valence-corrected chi connectivity index (χ1v) is 7.74. The zero-order chi connectivity index (χ0) is 15.2. The molecule has 118 valence electrons. The van der Waals surface area contributed by atoms with Crippen LogP contribution in [0.1, 0.15) is 24.9 Å². The van der Waals surface area contributed by atoms with Gasteiger partial charge in [0.15, 0.2) is 0 Å². The predicted molar refractivity (Wildman–Crippen MR) is 85.9 cm³/mol. The maximum Gasteiger partial charge on any atom is 0.122 e. The number of hydrogen-bond donors (Lipinski definition) is 3. The number of aromatic hydroxyl groups is 1. The number of benzene rings is 1. The van der Waals surface area contributed by atoms with Crippen molar-refractivity contribution in [2.45, 2.75) is 19.4 Å². The van der Waals surface area contributed by atoms with Crippen molar-refractivity contribution >= 4 is 5.69 Å². The molecule has 5 heteroatoms. The Morgan fingerprint density at radius 1 is 1.24 bits per heavy atom. The van der Waals surface area contributed by atoms with E-state index in [0.29, 0.717) is 5.75 Å². The van der Waals surface area contributed by atoms with Gasteiger partial charge < -0.3 is 20.4 Å². The van der Waals surface area contributed by atoms with Gasteiger partial charge in [0.05, 0.1) is 6.61 Å². The highest BCUT2D eigenvalue weighted by molar-refractivity contribution is 5.54. The topological polar surface area (TPSA) is 59.0 Å². The summed E-state index contributed by atoms with van der Waals surface area (Å²) < 4.78 is 0. The SMILES string of the molecule is CNC(C)c1ccc(N2CCCN(CCO)CC2)cc1O. The van der Waals surface area contributed by atoms with E-state index < -0.39 is 0 Å². The van der Waals surface area contributed by atoms with Crippen LogP contribution in [-0.4, -0.2) is 61.5 Å². The van der Waals surface area contributed by atoms with Crippen molar-refractivity contribution < 1.29 is 10.2 Å². The monoisotopic (exact) mass is 293 g/mol. The molecular formula is C16H27N3O2. The molecule has 0 spiro atoms. The van der Waals surface area contributed by atoms with E-state index in [4.69, 9.17) is 5.11 Å². The zero-order valence-corrected chi connectivity index (χ0v) is 13.0. The Labute approximate surface area is 127 Å². The fourth-order valence-electron chi connectivity index (χ4n) is 2.84. The number of hydrogen-bond acceptors (Lipinski definition) is 5. The second-order valence-electron chi connectivity index (χ2n) is 5.66. The van der Waals surface area contributed by atoms with Gasteiger partial charge in [0, 0.05) is 49.5 Å². The van der Waals surface area contributed by atoms with Gasteiger partial charge >= 0.3 is 0 Å². The normalized spacial score (nSPS) is 18.5. The standard InChI is InChI=1S/C16H27N3O2/c1-13(17-2)15-5-4-14(12-16(15)21)19-7-3-6-18(8-9-19)10-11-20/h4-5,12-13,17,20-21H,3,6-11H2,1-2H3. The first kappa shape index (κ1) is 16.1. The highest BCUT2D eigenvalue weighted by Gasteiger charge is 2.16. The van der Waals surface area contributed by atoms with Gasteiger partial charge in [-0.15, -0.1) is 0 Å². The van der Waals surface area contributed by atoms with E-state index >= 15 is 0 Å². The molecule has 1 aliphatic rings. The molecule has 0 amide bonds. The molecule has 0 aliphatic carbocycles. The number of phenolic OH excluding ortho intramolecular Hbond substituents is 1. The molecule has 1 aliphatic heterocycles. The van der Waals surface area contributed by atoms with Crippen LogP contribution in [0.4, 0.5) is 5.69 Å². The third kappa shape index (κ3) is 4.09. The fraction of sp³-hybridized carbons (Fsp3) is 0.625. The Morgan fingerprint density at radius 3 is 2.71 bits per heavy atom. The van der Waals surface area contributed by atoms with Crippen LogP contribution in [0.15, 0.2) is 18.2 Å². The van der Waals surface area contributed by atoms with E-state index in [-0.39, 0.29) is 12.6 Å². The predicted octanol–water partition coefficient (Wildman–Crippen LogP) is 1.18. The lowest BCUT2D eigenvalue weighted by Crippen LogP contribution is -2.32. The number of rotatable bonds is 5. The van der Waals surface area contributed by atoms with Crippen LogP contribution >= 0.6 is 0 Å². The average molecular weight is 293 g/mol. The summed E-state index contributed by atoms with van der Waals surface area (Å²) >= 11 is 0. The quantitative estimate of drug-likeness (QED) is 0.761. The van der Waals surface area contributed by atoms with Gasteiger partial charge in [0.25, 0.3) is 0 Å². The second-order valence-corrected chi connectivity index (χ2v) is 5.66. The zero-order valence-electron chi connectivity index (χ0n) is 13.0. The van der Waals surface area contributed by atoms with Crippen molar-refractivity contribution in [1.82, 2.24) is 10.2 Å². The van der Waals surface area contributed by atoms with E-state index in [1.54, 1.807) is 0 Å². The summed E-state index contributed by atoms with van der Waals surface area (Å²) in [5, 5.41) is 22.4. The minimum absolute atomic E-state index is 0.142.